The predicted octanol–water partition coefficient (Wildman–Crippen LogP) is 4.41. The summed E-state index contributed by atoms with van der Waals surface area (Å²) >= 11 is 0. The third-order valence-electron chi connectivity index (χ3n) is 7.10. The van der Waals surface area contributed by atoms with Gasteiger partial charge in [-0.3, -0.25) is 0 Å². The molecule has 3 rings (SSSR count). The number of carbonyl (C=O) groups is 1. The molecule has 0 saturated carbocycles. The highest BCUT2D eigenvalue weighted by atomic mass is 32.3. The van der Waals surface area contributed by atoms with Crippen LogP contribution >= 0.6 is 0 Å². The van der Waals surface area contributed by atoms with E-state index in [0.29, 0.717) is 17.9 Å². The standard InChI is InChI=1S/C16H36N.C8H10N4O6S/c1-5-9-13-17(14-10-6-2,15-11-7-3)16-12-8-4;13-8-11-3-5(12(8)18-19(14,15)16)1-2-6(11)7-10-9-4-17-7/h5-16H2,1-4H3;4-6H,1-3H2,(H,14,15,16)/q+1;/p-1/t;5-,6+/m.1/s1. The molecule has 1 aromatic rings. The molecule has 0 aliphatic carbocycles. The molecule has 0 N–H and O–H groups in total. The molecule has 11 nitrogen and oxygen atoms in total. The first-order valence-electron chi connectivity index (χ1n) is 13.6. The second kappa shape index (κ2) is 14.8. The number of nitrogens with zero attached hydrogens (tertiary/aromatic N) is 5. The Morgan fingerprint density at radius 1 is 1.00 bits per heavy atom. The Morgan fingerprint density at radius 2 is 1.53 bits per heavy atom. The van der Waals surface area contributed by atoms with Gasteiger partial charge in [0.05, 0.1) is 32.2 Å². The molecule has 3 heterocycles. The van der Waals surface area contributed by atoms with Crippen LogP contribution < -0.4 is 0 Å². The minimum Gasteiger partial charge on any atom is -0.724 e. The first-order chi connectivity index (χ1) is 17.2. The largest absolute Gasteiger partial charge is 0.724 e. The van der Waals surface area contributed by atoms with E-state index in [1.54, 1.807) is 0 Å². The zero-order valence-corrected chi connectivity index (χ0v) is 23.2. The van der Waals surface area contributed by atoms with Gasteiger partial charge in [-0.2, -0.15) is 9.35 Å². The number of hydrogen-bond acceptors (Lipinski definition) is 8. The van der Waals surface area contributed by atoms with E-state index in [-0.39, 0.29) is 12.4 Å². The minimum absolute atomic E-state index is 0.251. The number of aromatic nitrogens is 2. The van der Waals surface area contributed by atoms with Crippen molar-refractivity contribution in [1.82, 2.24) is 20.2 Å². The maximum atomic E-state index is 12.0. The molecule has 208 valence electrons. The van der Waals surface area contributed by atoms with Gasteiger partial charge < -0.3 is 18.4 Å². The first-order valence-corrected chi connectivity index (χ1v) is 14.9. The van der Waals surface area contributed by atoms with Crippen LogP contribution in [0.4, 0.5) is 4.79 Å². The van der Waals surface area contributed by atoms with Crippen molar-refractivity contribution in [3.63, 3.8) is 0 Å². The molecular weight excluding hydrogens is 486 g/mol. The number of quaternary nitrogens is 1. The summed E-state index contributed by atoms with van der Waals surface area (Å²) in [5, 5.41) is 7.89. The topological polar surface area (TPSA) is 129 Å². The van der Waals surface area contributed by atoms with Crippen molar-refractivity contribution in [1.29, 1.82) is 0 Å². The summed E-state index contributed by atoms with van der Waals surface area (Å²) in [4.78, 5) is 13.4. The molecule has 2 amide bonds. The van der Waals surface area contributed by atoms with Gasteiger partial charge >= 0.3 is 6.03 Å². The Kier molecular flexibility index (Phi) is 12.6. The average molecular weight is 532 g/mol. The molecule has 0 spiro atoms. The molecule has 2 bridgehead atoms. The van der Waals surface area contributed by atoms with Crippen molar-refractivity contribution in [2.45, 2.75) is 104 Å². The monoisotopic (exact) mass is 531 g/mol. The summed E-state index contributed by atoms with van der Waals surface area (Å²) < 4.78 is 42.5. The zero-order valence-electron chi connectivity index (χ0n) is 22.4. The van der Waals surface area contributed by atoms with Crippen LogP contribution in [0.5, 0.6) is 0 Å². The Labute approximate surface area is 216 Å². The Bertz CT molecular complexity index is 829. The lowest BCUT2D eigenvalue weighted by molar-refractivity contribution is -0.929. The second-order valence-corrected chi connectivity index (χ2v) is 10.9. The lowest BCUT2D eigenvalue weighted by Crippen LogP contribution is -2.50. The Hall–Kier alpha value is -1.76. The molecule has 2 fully saturated rings. The van der Waals surface area contributed by atoms with Crippen LogP contribution in [-0.4, -0.2) is 82.4 Å². The van der Waals surface area contributed by atoms with Gasteiger partial charge in [-0.25, -0.2) is 13.2 Å². The van der Waals surface area contributed by atoms with Gasteiger partial charge in [0, 0.05) is 6.54 Å². The highest BCUT2D eigenvalue weighted by Crippen LogP contribution is 2.37. The van der Waals surface area contributed by atoms with E-state index in [1.807, 2.05) is 0 Å². The van der Waals surface area contributed by atoms with Crippen LogP contribution in [0, 0.1) is 0 Å². The number of rotatable bonds is 15. The number of fused-ring (bicyclic) bond motifs is 2. The van der Waals surface area contributed by atoms with E-state index in [0.717, 1.165) is 6.39 Å². The SMILES string of the molecule is CCCC[N+](CCCC)(CCCC)CCCC.O=C1N2C[C@@H](CC[C@H]2c2nnco2)N1OS(=O)(=O)[O-]. The molecule has 0 aromatic carbocycles. The number of urea groups is 1. The maximum absolute atomic E-state index is 12.0. The highest BCUT2D eigenvalue weighted by Gasteiger charge is 2.48. The number of hydrogen-bond donors (Lipinski definition) is 0. The molecule has 36 heavy (non-hydrogen) atoms. The highest BCUT2D eigenvalue weighted by molar-refractivity contribution is 7.80. The van der Waals surface area contributed by atoms with Crippen LogP contribution in [0.25, 0.3) is 0 Å². The number of carbonyl (C=O) groups excluding carboxylic acids is 1. The summed E-state index contributed by atoms with van der Waals surface area (Å²) in [5.41, 5.74) is 0. The van der Waals surface area contributed by atoms with Gasteiger partial charge in [-0.05, 0) is 38.5 Å². The Balaban J connectivity index is 0.000000256. The van der Waals surface area contributed by atoms with Crippen LogP contribution in [0.1, 0.15) is 104 Å². The van der Waals surface area contributed by atoms with E-state index in [9.17, 15) is 17.8 Å². The number of hydroxylamine groups is 2. The molecular formula is C24H45N5O6S. The van der Waals surface area contributed by atoms with Crippen molar-refractivity contribution < 1.29 is 30.9 Å². The molecule has 2 saturated heterocycles. The average Bonchev–Trinajstić information content (AvgIpc) is 3.47. The van der Waals surface area contributed by atoms with Gasteiger partial charge in [0.25, 0.3) is 0 Å². The van der Waals surface area contributed by atoms with Crippen molar-refractivity contribution >= 4 is 16.4 Å². The van der Waals surface area contributed by atoms with Crippen molar-refractivity contribution in [3.05, 3.63) is 12.3 Å². The minimum atomic E-state index is -4.97. The molecule has 12 heteroatoms. The van der Waals surface area contributed by atoms with E-state index < -0.39 is 28.5 Å². The fourth-order valence-corrected chi connectivity index (χ4v) is 5.44. The lowest BCUT2D eigenvalue weighted by atomic mass is 10.0. The van der Waals surface area contributed by atoms with Gasteiger partial charge in [0.1, 0.15) is 6.04 Å². The normalized spacial score (nSPS) is 20.0. The van der Waals surface area contributed by atoms with Crippen molar-refractivity contribution in [2.24, 2.45) is 0 Å². The summed E-state index contributed by atoms with van der Waals surface area (Å²) in [7, 11) is -4.97. The molecule has 2 aliphatic rings. The van der Waals surface area contributed by atoms with Crippen molar-refractivity contribution in [3.8, 4) is 0 Å². The molecule has 2 aliphatic heterocycles. The number of piperidine rings is 1. The van der Waals surface area contributed by atoms with E-state index in [4.69, 9.17) is 4.42 Å². The second-order valence-electron chi connectivity index (χ2n) is 9.92. The third-order valence-corrected chi connectivity index (χ3v) is 7.44. The summed E-state index contributed by atoms with van der Waals surface area (Å²) in [6, 6.07) is -1.57. The number of amides is 2. The Morgan fingerprint density at radius 3 is 1.94 bits per heavy atom. The lowest BCUT2D eigenvalue weighted by Gasteiger charge is -2.39. The fourth-order valence-electron chi connectivity index (χ4n) is 5.06. The fraction of sp³-hybridized carbons (Fsp3) is 0.875. The zero-order chi connectivity index (χ0) is 26.6. The summed E-state index contributed by atoms with van der Waals surface area (Å²) in [5.74, 6) is 0.277. The molecule has 0 radical (unpaired) electrons. The maximum Gasteiger partial charge on any atom is 0.346 e. The molecule has 0 unspecified atom stereocenters. The third kappa shape index (κ3) is 8.97. The van der Waals surface area contributed by atoms with Gasteiger partial charge in [-0.1, -0.05) is 53.4 Å². The van der Waals surface area contributed by atoms with Gasteiger partial charge in [0.15, 0.2) is 0 Å². The smallest absolute Gasteiger partial charge is 0.346 e. The first kappa shape index (κ1) is 30.5. The van der Waals surface area contributed by atoms with Crippen LogP contribution in [-0.2, 0) is 14.7 Å². The van der Waals surface area contributed by atoms with Gasteiger partial charge in [0.2, 0.25) is 22.7 Å². The van der Waals surface area contributed by atoms with Crippen molar-refractivity contribution in [2.75, 3.05) is 32.7 Å². The van der Waals surface area contributed by atoms with Crippen LogP contribution in [0.3, 0.4) is 0 Å². The predicted molar refractivity (Wildman–Crippen MR) is 134 cm³/mol. The van der Waals surface area contributed by atoms with E-state index in [1.165, 1.54) is 86.9 Å². The molecule has 1 aromatic heterocycles. The van der Waals surface area contributed by atoms with Crippen LogP contribution in [0.15, 0.2) is 10.8 Å². The van der Waals surface area contributed by atoms with E-state index >= 15 is 0 Å². The quantitative estimate of drug-likeness (QED) is 0.185. The molecule has 2 atom stereocenters. The van der Waals surface area contributed by atoms with E-state index in [2.05, 4.69) is 42.2 Å². The van der Waals surface area contributed by atoms with Gasteiger partial charge in [-0.15, -0.1) is 10.2 Å². The van der Waals surface area contributed by atoms with Crippen LogP contribution in [0.2, 0.25) is 0 Å². The summed E-state index contributed by atoms with van der Waals surface area (Å²) in [6.07, 6.45) is 13.2. The summed E-state index contributed by atoms with van der Waals surface area (Å²) in [6.45, 7) is 15.3. The number of unbranched alkanes of at least 4 members (excludes halogenated alkanes) is 4.